The summed E-state index contributed by atoms with van der Waals surface area (Å²) in [6.07, 6.45) is 8.32. The zero-order valence-corrected chi connectivity index (χ0v) is 17.4. The van der Waals surface area contributed by atoms with E-state index in [1.807, 2.05) is 25.1 Å². The predicted molar refractivity (Wildman–Crippen MR) is 113 cm³/mol. The number of anilines is 1. The Labute approximate surface area is 168 Å². The van der Waals surface area contributed by atoms with Crippen LogP contribution in [0.5, 0.6) is 0 Å². The Morgan fingerprint density at radius 2 is 1.39 bits per heavy atom. The van der Waals surface area contributed by atoms with Crippen LogP contribution in [0.4, 0.5) is 5.69 Å². The molecule has 4 fully saturated rings. The molecule has 148 valence electrons. The van der Waals surface area contributed by atoms with Gasteiger partial charge in [0.2, 0.25) is 0 Å². The van der Waals surface area contributed by atoms with Crippen molar-refractivity contribution in [2.75, 3.05) is 10.8 Å². The first kappa shape index (κ1) is 18.2. The molecule has 0 radical (unpaired) electrons. The summed E-state index contributed by atoms with van der Waals surface area (Å²) >= 11 is 0. The summed E-state index contributed by atoms with van der Waals surface area (Å²) in [5, 5.41) is 0. The van der Waals surface area contributed by atoms with Gasteiger partial charge in [-0.3, -0.25) is 4.31 Å². The molecule has 0 spiro atoms. The zero-order chi connectivity index (χ0) is 19.4. The van der Waals surface area contributed by atoms with E-state index in [2.05, 4.69) is 12.1 Å². The Balaban J connectivity index is 1.45. The van der Waals surface area contributed by atoms with Gasteiger partial charge in [0, 0.05) is 6.54 Å². The second-order valence-electron chi connectivity index (χ2n) is 9.23. The monoisotopic (exact) mass is 395 g/mol. The van der Waals surface area contributed by atoms with E-state index in [0.717, 1.165) is 23.4 Å². The van der Waals surface area contributed by atoms with Crippen LogP contribution in [0.3, 0.4) is 0 Å². The van der Waals surface area contributed by atoms with Crippen molar-refractivity contribution in [2.45, 2.75) is 55.8 Å². The van der Waals surface area contributed by atoms with Crippen LogP contribution < -0.4 is 4.31 Å². The van der Waals surface area contributed by atoms with Crippen LogP contribution in [-0.4, -0.2) is 15.0 Å². The molecular formula is C24H29NO2S. The van der Waals surface area contributed by atoms with Crippen molar-refractivity contribution in [3.63, 3.8) is 0 Å². The molecule has 3 nitrogen and oxygen atoms in total. The van der Waals surface area contributed by atoms with Gasteiger partial charge in [-0.05, 0) is 98.4 Å². The molecule has 0 unspecified atom stereocenters. The van der Waals surface area contributed by atoms with Crippen molar-refractivity contribution in [3.8, 4) is 0 Å². The molecule has 0 amide bonds. The quantitative estimate of drug-likeness (QED) is 0.682. The largest absolute Gasteiger partial charge is 0.267 e. The van der Waals surface area contributed by atoms with Gasteiger partial charge in [-0.25, -0.2) is 8.42 Å². The van der Waals surface area contributed by atoms with E-state index >= 15 is 0 Å². The lowest BCUT2D eigenvalue weighted by Crippen LogP contribution is -2.48. The first-order chi connectivity index (χ1) is 13.5. The van der Waals surface area contributed by atoms with Gasteiger partial charge < -0.3 is 0 Å². The minimum absolute atomic E-state index is 0.349. The summed E-state index contributed by atoms with van der Waals surface area (Å²) in [6, 6.07) is 17.2. The van der Waals surface area contributed by atoms with Gasteiger partial charge >= 0.3 is 0 Å². The molecule has 2 aromatic carbocycles. The molecule has 0 N–H and O–H groups in total. The van der Waals surface area contributed by atoms with E-state index in [9.17, 15) is 8.42 Å². The lowest BCUT2D eigenvalue weighted by atomic mass is 9.48. The van der Waals surface area contributed by atoms with Crippen LogP contribution in [0.1, 0.15) is 51.0 Å². The smallest absolute Gasteiger partial charge is 0.264 e. The van der Waals surface area contributed by atoms with Crippen LogP contribution in [0.25, 0.3) is 0 Å². The molecule has 4 bridgehead atoms. The van der Waals surface area contributed by atoms with E-state index in [1.165, 1.54) is 48.4 Å². The highest BCUT2D eigenvalue weighted by Gasteiger charge is 2.51. The molecule has 4 heteroatoms. The van der Waals surface area contributed by atoms with Gasteiger partial charge in [-0.1, -0.05) is 30.3 Å². The van der Waals surface area contributed by atoms with Gasteiger partial charge in [0.1, 0.15) is 0 Å². The van der Waals surface area contributed by atoms with Crippen molar-refractivity contribution in [2.24, 2.45) is 17.8 Å². The highest BCUT2D eigenvalue weighted by Crippen LogP contribution is 2.60. The highest BCUT2D eigenvalue weighted by molar-refractivity contribution is 7.92. The molecule has 0 saturated heterocycles. The van der Waals surface area contributed by atoms with E-state index in [4.69, 9.17) is 0 Å². The maximum Gasteiger partial charge on any atom is 0.264 e. The summed E-state index contributed by atoms with van der Waals surface area (Å²) in [5.41, 5.74) is 2.55. The third-order valence-electron chi connectivity index (χ3n) is 7.42. The normalized spacial score (nSPS) is 31.1. The Kier molecular flexibility index (Phi) is 4.31. The molecule has 4 saturated carbocycles. The molecule has 4 aliphatic carbocycles. The maximum absolute atomic E-state index is 13.1. The molecule has 28 heavy (non-hydrogen) atoms. The molecule has 6 rings (SSSR count). The molecule has 4 aliphatic rings. The minimum Gasteiger partial charge on any atom is -0.267 e. The average molecular weight is 396 g/mol. The SMILES string of the molecule is CCN(c1ccc(C23CC4CC(CC(C4)C2)C3)cc1)S(=O)(=O)c1ccccc1. The van der Waals surface area contributed by atoms with Gasteiger partial charge in [0.25, 0.3) is 10.0 Å². The third-order valence-corrected chi connectivity index (χ3v) is 9.34. The fraction of sp³-hybridized carbons (Fsp3) is 0.500. The molecule has 0 aromatic heterocycles. The van der Waals surface area contributed by atoms with E-state index in [0.29, 0.717) is 16.9 Å². The number of hydrogen-bond donors (Lipinski definition) is 0. The van der Waals surface area contributed by atoms with Crippen LogP contribution in [0, 0.1) is 17.8 Å². The first-order valence-corrected chi connectivity index (χ1v) is 12.1. The van der Waals surface area contributed by atoms with Crippen molar-refractivity contribution in [1.29, 1.82) is 0 Å². The van der Waals surface area contributed by atoms with Crippen molar-refractivity contribution < 1.29 is 8.42 Å². The highest BCUT2D eigenvalue weighted by atomic mass is 32.2. The second-order valence-corrected chi connectivity index (χ2v) is 11.1. The molecular weight excluding hydrogens is 366 g/mol. The number of hydrogen-bond acceptors (Lipinski definition) is 2. The lowest BCUT2D eigenvalue weighted by Gasteiger charge is -2.57. The van der Waals surface area contributed by atoms with Crippen LogP contribution >= 0.6 is 0 Å². The number of sulfonamides is 1. The first-order valence-electron chi connectivity index (χ1n) is 10.7. The van der Waals surface area contributed by atoms with Crippen LogP contribution in [0.15, 0.2) is 59.5 Å². The third kappa shape index (κ3) is 2.88. The van der Waals surface area contributed by atoms with Gasteiger partial charge in [-0.15, -0.1) is 0 Å². The van der Waals surface area contributed by atoms with E-state index < -0.39 is 10.0 Å². The van der Waals surface area contributed by atoms with Crippen molar-refractivity contribution >= 4 is 15.7 Å². The van der Waals surface area contributed by atoms with Crippen molar-refractivity contribution in [1.82, 2.24) is 0 Å². The number of nitrogens with zero attached hydrogens (tertiary/aromatic N) is 1. The number of benzene rings is 2. The average Bonchev–Trinajstić information content (AvgIpc) is 2.68. The van der Waals surface area contributed by atoms with E-state index in [-0.39, 0.29) is 0 Å². The minimum atomic E-state index is -3.53. The van der Waals surface area contributed by atoms with Gasteiger partial charge in [-0.2, -0.15) is 0 Å². The summed E-state index contributed by atoms with van der Waals surface area (Å²) in [7, 11) is -3.53. The molecule has 0 aliphatic heterocycles. The topological polar surface area (TPSA) is 37.4 Å². The maximum atomic E-state index is 13.1. The fourth-order valence-corrected chi connectivity index (χ4v) is 8.15. The summed E-state index contributed by atoms with van der Waals surface area (Å²) < 4.78 is 27.7. The fourth-order valence-electron chi connectivity index (χ4n) is 6.66. The van der Waals surface area contributed by atoms with E-state index in [1.54, 1.807) is 24.3 Å². The van der Waals surface area contributed by atoms with Gasteiger partial charge in [0.15, 0.2) is 0 Å². The standard InChI is InChI=1S/C24H29NO2S/c1-2-25(28(26,27)23-6-4-3-5-7-23)22-10-8-21(9-11-22)24-15-18-12-19(16-24)14-20(13-18)17-24/h3-11,18-20H,2,12-17H2,1H3. The lowest BCUT2D eigenvalue weighted by molar-refractivity contribution is -0.00518. The number of rotatable bonds is 5. The Morgan fingerprint density at radius 3 is 1.89 bits per heavy atom. The van der Waals surface area contributed by atoms with Crippen molar-refractivity contribution in [3.05, 3.63) is 60.2 Å². The summed E-state index contributed by atoms with van der Waals surface area (Å²) in [6.45, 7) is 2.32. The molecule has 0 atom stereocenters. The summed E-state index contributed by atoms with van der Waals surface area (Å²) in [4.78, 5) is 0.349. The van der Waals surface area contributed by atoms with Gasteiger partial charge in [0.05, 0.1) is 10.6 Å². The molecule has 0 heterocycles. The van der Waals surface area contributed by atoms with Crippen LogP contribution in [0.2, 0.25) is 0 Å². The molecule has 2 aromatic rings. The Bertz CT molecular complexity index is 915. The Hall–Kier alpha value is -1.81. The van der Waals surface area contributed by atoms with Crippen LogP contribution in [-0.2, 0) is 15.4 Å². The zero-order valence-electron chi connectivity index (χ0n) is 16.5. The Morgan fingerprint density at radius 1 is 0.857 bits per heavy atom. The predicted octanol–water partition coefficient (Wildman–Crippen LogP) is 5.37. The second kappa shape index (κ2) is 6.62. The summed E-state index contributed by atoms with van der Waals surface area (Å²) in [5.74, 6) is 2.74.